The normalized spacial score (nSPS) is 17.4. The lowest BCUT2D eigenvalue weighted by atomic mass is 10.1. The van der Waals surface area contributed by atoms with Gasteiger partial charge in [-0.15, -0.1) is 0 Å². The van der Waals surface area contributed by atoms with Crippen LogP contribution >= 0.6 is 0 Å². The quantitative estimate of drug-likeness (QED) is 0.849. The Hall–Kier alpha value is -2.41. The van der Waals surface area contributed by atoms with Crippen LogP contribution in [0, 0.1) is 11.3 Å². The molecular weight excluding hydrogens is 272 g/mol. The Bertz CT molecular complexity index is 648. The van der Waals surface area contributed by atoms with Crippen molar-refractivity contribution in [2.24, 2.45) is 0 Å². The van der Waals surface area contributed by atoms with Gasteiger partial charge in [0, 0.05) is 19.2 Å². The first-order valence-electron chi connectivity index (χ1n) is 7.89. The molecule has 0 bridgehead atoms. The third-order valence-electron chi connectivity index (χ3n) is 4.10. The van der Waals surface area contributed by atoms with E-state index in [4.69, 9.17) is 0 Å². The molecule has 0 amide bonds. The van der Waals surface area contributed by atoms with Crippen molar-refractivity contribution in [3.8, 4) is 6.07 Å². The highest BCUT2D eigenvalue weighted by atomic mass is 15.2. The van der Waals surface area contributed by atoms with Crippen LogP contribution in [0.25, 0.3) is 0 Å². The molecule has 1 aromatic carbocycles. The van der Waals surface area contributed by atoms with Crippen LogP contribution < -0.4 is 4.90 Å². The summed E-state index contributed by atoms with van der Waals surface area (Å²) in [4.78, 5) is 11.1. The molecule has 4 nitrogen and oxygen atoms in total. The maximum Gasteiger partial charge on any atom is 0.133 e. The Morgan fingerprint density at radius 3 is 2.86 bits per heavy atom. The zero-order valence-corrected chi connectivity index (χ0v) is 12.7. The van der Waals surface area contributed by atoms with Gasteiger partial charge in [-0.25, -0.2) is 9.97 Å². The second-order valence-corrected chi connectivity index (χ2v) is 5.65. The second-order valence-electron chi connectivity index (χ2n) is 5.65. The largest absolute Gasteiger partial charge is 0.340 e. The summed E-state index contributed by atoms with van der Waals surface area (Å²) in [6.07, 6.45) is 6.75. The molecule has 2 aromatic rings. The monoisotopic (exact) mass is 292 g/mol. The standard InChI is InChI=1S/C18H20N4/c19-14-16-9-5-13-22(16)18-11-12-20-17(21-18)10-4-8-15-6-2-1-3-7-15/h1-3,6-7,11-12,16H,4-5,8-10,13H2. The predicted octanol–water partition coefficient (Wildman–Crippen LogP) is 3.14. The fourth-order valence-electron chi connectivity index (χ4n) is 2.94. The molecule has 2 heterocycles. The van der Waals surface area contributed by atoms with Crippen molar-refractivity contribution in [1.29, 1.82) is 5.26 Å². The SMILES string of the molecule is N#CC1CCCN1c1ccnc(CCCc2ccccc2)n1. The summed E-state index contributed by atoms with van der Waals surface area (Å²) in [5.41, 5.74) is 1.35. The van der Waals surface area contributed by atoms with E-state index in [-0.39, 0.29) is 6.04 Å². The van der Waals surface area contributed by atoms with E-state index in [9.17, 15) is 5.26 Å². The van der Waals surface area contributed by atoms with E-state index in [1.807, 2.05) is 18.3 Å². The molecule has 1 saturated heterocycles. The number of aryl methyl sites for hydroxylation is 2. The van der Waals surface area contributed by atoms with Crippen LogP contribution in [-0.4, -0.2) is 22.6 Å². The van der Waals surface area contributed by atoms with Gasteiger partial charge in [0.2, 0.25) is 0 Å². The van der Waals surface area contributed by atoms with Gasteiger partial charge < -0.3 is 4.90 Å². The van der Waals surface area contributed by atoms with Crippen molar-refractivity contribution >= 4 is 5.82 Å². The van der Waals surface area contributed by atoms with Gasteiger partial charge in [-0.1, -0.05) is 30.3 Å². The molecule has 0 spiro atoms. The Morgan fingerprint density at radius 1 is 1.18 bits per heavy atom. The van der Waals surface area contributed by atoms with Gasteiger partial charge in [0.1, 0.15) is 17.7 Å². The molecule has 0 saturated carbocycles. The van der Waals surface area contributed by atoms with Gasteiger partial charge in [0.15, 0.2) is 0 Å². The Kier molecular flexibility index (Phi) is 4.65. The molecule has 1 unspecified atom stereocenters. The summed E-state index contributed by atoms with van der Waals surface area (Å²) < 4.78 is 0. The highest BCUT2D eigenvalue weighted by Gasteiger charge is 2.25. The minimum Gasteiger partial charge on any atom is -0.340 e. The van der Waals surface area contributed by atoms with Crippen molar-refractivity contribution in [1.82, 2.24) is 9.97 Å². The Labute approximate surface area is 131 Å². The molecular formula is C18H20N4. The lowest BCUT2D eigenvalue weighted by Gasteiger charge is -2.20. The van der Waals surface area contributed by atoms with Gasteiger partial charge >= 0.3 is 0 Å². The van der Waals surface area contributed by atoms with E-state index >= 15 is 0 Å². The Balaban J connectivity index is 1.61. The first-order chi connectivity index (χ1) is 10.9. The maximum absolute atomic E-state index is 9.20. The van der Waals surface area contributed by atoms with Gasteiger partial charge in [-0.3, -0.25) is 0 Å². The number of hydrogen-bond acceptors (Lipinski definition) is 4. The molecule has 3 rings (SSSR count). The summed E-state index contributed by atoms with van der Waals surface area (Å²) >= 11 is 0. The number of aromatic nitrogens is 2. The van der Waals surface area contributed by atoms with E-state index in [1.54, 1.807) is 0 Å². The summed E-state index contributed by atoms with van der Waals surface area (Å²) in [7, 11) is 0. The van der Waals surface area contributed by atoms with Crippen molar-refractivity contribution in [3.63, 3.8) is 0 Å². The topological polar surface area (TPSA) is 52.8 Å². The van der Waals surface area contributed by atoms with Crippen molar-refractivity contribution in [2.45, 2.75) is 38.1 Å². The lowest BCUT2D eigenvalue weighted by molar-refractivity contribution is 0.754. The summed E-state index contributed by atoms with van der Waals surface area (Å²) in [6, 6.07) is 14.7. The molecule has 4 heteroatoms. The third kappa shape index (κ3) is 3.43. The highest BCUT2D eigenvalue weighted by Crippen LogP contribution is 2.23. The number of benzene rings is 1. The molecule has 1 aromatic heterocycles. The zero-order valence-electron chi connectivity index (χ0n) is 12.7. The number of rotatable bonds is 5. The van der Waals surface area contributed by atoms with Gasteiger partial charge in [-0.2, -0.15) is 5.26 Å². The molecule has 0 radical (unpaired) electrons. The van der Waals surface area contributed by atoms with Crippen LogP contribution in [0.1, 0.15) is 30.7 Å². The summed E-state index contributed by atoms with van der Waals surface area (Å²) in [5, 5.41) is 9.20. The minimum atomic E-state index is -0.0351. The van der Waals surface area contributed by atoms with Crippen LogP contribution in [0.3, 0.4) is 0 Å². The number of nitriles is 1. The van der Waals surface area contributed by atoms with E-state index in [0.717, 1.165) is 50.3 Å². The predicted molar refractivity (Wildman–Crippen MR) is 86.5 cm³/mol. The van der Waals surface area contributed by atoms with E-state index in [1.165, 1.54) is 5.56 Å². The molecule has 0 aliphatic carbocycles. The lowest BCUT2D eigenvalue weighted by Crippen LogP contribution is -2.28. The average Bonchev–Trinajstić information content (AvgIpc) is 3.05. The Morgan fingerprint density at radius 2 is 2.05 bits per heavy atom. The van der Waals surface area contributed by atoms with Crippen molar-refractivity contribution in [3.05, 3.63) is 54.0 Å². The second kappa shape index (κ2) is 7.04. The van der Waals surface area contributed by atoms with E-state index in [0.29, 0.717) is 0 Å². The van der Waals surface area contributed by atoms with Crippen LogP contribution in [0.4, 0.5) is 5.82 Å². The van der Waals surface area contributed by atoms with Gasteiger partial charge in [0.05, 0.1) is 6.07 Å². The summed E-state index contributed by atoms with van der Waals surface area (Å²) in [5.74, 6) is 1.77. The first kappa shape index (κ1) is 14.5. The molecule has 1 aliphatic heterocycles. The minimum absolute atomic E-state index is 0.0351. The fourth-order valence-corrected chi connectivity index (χ4v) is 2.94. The number of hydrogen-bond donors (Lipinski definition) is 0. The van der Waals surface area contributed by atoms with Gasteiger partial charge in [0.25, 0.3) is 0 Å². The molecule has 112 valence electrons. The van der Waals surface area contributed by atoms with E-state index < -0.39 is 0 Å². The van der Waals surface area contributed by atoms with Crippen molar-refractivity contribution < 1.29 is 0 Å². The molecule has 1 fully saturated rings. The van der Waals surface area contributed by atoms with Crippen molar-refractivity contribution in [2.75, 3.05) is 11.4 Å². The van der Waals surface area contributed by atoms with Crippen LogP contribution in [0.2, 0.25) is 0 Å². The smallest absolute Gasteiger partial charge is 0.133 e. The summed E-state index contributed by atoms with van der Waals surface area (Å²) in [6.45, 7) is 0.915. The first-order valence-corrected chi connectivity index (χ1v) is 7.89. The molecule has 1 aliphatic rings. The van der Waals surface area contributed by atoms with Gasteiger partial charge in [-0.05, 0) is 37.3 Å². The molecule has 22 heavy (non-hydrogen) atoms. The highest BCUT2D eigenvalue weighted by molar-refractivity contribution is 5.42. The number of nitrogens with zero attached hydrogens (tertiary/aromatic N) is 4. The molecule has 0 N–H and O–H groups in total. The van der Waals surface area contributed by atoms with Crippen LogP contribution in [0.5, 0.6) is 0 Å². The number of anilines is 1. The fraction of sp³-hybridized carbons (Fsp3) is 0.389. The zero-order chi connectivity index (χ0) is 15.2. The average molecular weight is 292 g/mol. The van der Waals surface area contributed by atoms with Crippen LogP contribution in [0.15, 0.2) is 42.6 Å². The van der Waals surface area contributed by atoms with E-state index in [2.05, 4.69) is 45.2 Å². The molecule has 1 atom stereocenters. The van der Waals surface area contributed by atoms with Crippen LogP contribution in [-0.2, 0) is 12.8 Å². The third-order valence-corrected chi connectivity index (χ3v) is 4.10. The maximum atomic E-state index is 9.20.